The van der Waals surface area contributed by atoms with Gasteiger partial charge in [0.05, 0.1) is 0 Å². The number of pyridine rings is 1. The van der Waals surface area contributed by atoms with Crippen molar-refractivity contribution in [1.82, 2.24) is 9.88 Å². The summed E-state index contributed by atoms with van der Waals surface area (Å²) in [6, 6.07) is 2.91. The van der Waals surface area contributed by atoms with Gasteiger partial charge in [0.2, 0.25) is 0 Å². The first-order valence-corrected chi connectivity index (χ1v) is 5.34. The second-order valence-electron chi connectivity index (χ2n) is 3.20. The number of nitrogens with one attached hydrogen (secondary N) is 1. The summed E-state index contributed by atoms with van der Waals surface area (Å²) in [6.07, 6.45) is 5.06. The monoisotopic (exact) mass is 240 g/mol. The molecule has 0 saturated heterocycles. The van der Waals surface area contributed by atoms with Gasteiger partial charge in [-0.3, -0.25) is 9.59 Å². The Morgan fingerprint density at radius 3 is 2.94 bits per heavy atom. The fourth-order valence-electron chi connectivity index (χ4n) is 1.09. The zero-order chi connectivity index (χ0) is 12.0. The number of aryl methyl sites for hydroxylation is 1. The van der Waals surface area contributed by atoms with E-state index < -0.39 is 0 Å². The van der Waals surface area contributed by atoms with Crippen LogP contribution in [0.4, 0.5) is 0 Å². The third-order valence-corrected chi connectivity index (χ3v) is 2.18. The molecule has 1 aromatic heterocycles. The number of halogens is 1. The number of rotatable bonds is 4. The summed E-state index contributed by atoms with van der Waals surface area (Å²) < 4.78 is 1.41. The summed E-state index contributed by atoms with van der Waals surface area (Å²) in [4.78, 5) is 22.8. The summed E-state index contributed by atoms with van der Waals surface area (Å²) in [5.74, 6) is 0.152. The van der Waals surface area contributed by atoms with E-state index >= 15 is 0 Å². The van der Waals surface area contributed by atoms with Crippen LogP contribution in [0.25, 0.3) is 0 Å². The first kappa shape index (κ1) is 12.5. The molecule has 0 aliphatic heterocycles. The Morgan fingerprint density at radius 1 is 1.56 bits per heavy atom. The van der Waals surface area contributed by atoms with E-state index in [4.69, 9.17) is 11.6 Å². The Bertz CT molecular complexity index is 452. The van der Waals surface area contributed by atoms with E-state index in [0.29, 0.717) is 18.0 Å². The van der Waals surface area contributed by atoms with Gasteiger partial charge in [-0.15, -0.1) is 11.6 Å². The van der Waals surface area contributed by atoms with Gasteiger partial charge >= 0.3 is 0 Å². The molecular formula is C11H13ClN2O2. The molecule has 0 bridgehead atoms. The van der Waals surface area contributed by atoms with Crippen molar-refractivity contribution >= 4 is 17.5 Å². The van der Waals surface area contributed by atoms with E-state index in [2.05, 4.69) is 5.32 Å². The molecule has 0 unspecified atom stereocenters. The van der Waals surface area contributed by atoms with Crippen LogP contribution in [0.15, 0.2) is 35.3 Å². The molecule has 0 aliphatic carbocycles. The molecule has 0 saturated carbocycles. The van der Waals surface area contributed by atoms with Crippen molar-refractivity contribution in [1.29, 1.82) is 0 Å². The summed E-state index contributed by atoms with van der Waals surface area (Å²) in [5.41, 5.74) is 0.159. The van der Waals surface area contributed by atoms with E-state index in [1.165, 1.54) is 10.6 Å². The Labute approximate surface area is 98.5 Å². The molecule has 0 aromatic carbocycles. The van der Waals surface area contributed by atoms with Crippen LogP contribution in [-0.4, -0.2) is 22.9 Å². The smallest absolute Gasteiger partial charge is 0.251 e. The van der Waals surface area contributed by atoms with Crippen LogP contribution in [0, 0.1) is 0 Å². The Kier molecular flexibility index (Phi) is 4.79. The largest absolute Gasteiger partial charge is 0.349 e. The highest BCUT2D eigenvalue weighted by atomic mass is 35.5. The number of amides is 1. The number of alkyl halides is 1. The van der Waals surface area contributed by atoms with Crippen LogP contribution in [0.1, 0.15) is 10.4 Å². The number of carbonyl (C=O) groups excluding carboxylic acids is 1. The summed E-state index contributed by atoms with van der Waals surface area (Å²) in [7, 11) is 1.63. The van der Waals surface area contributed by atoms with E-state index in [1.54, 1.807) is 31.5 Å². The molecule has 1 heterocycles. The maximum Gasteiger partial charge on any atom is 0.251 e. The van der Waals surface area contributed by atoms with Crippen molar-refractivity contribution in [2.45, 2.75) is 0 Å². The lowest BCUT2D eigenvalue weighted by atomic mass is 10.2. The van der Waals surface area contributed by atoms with Crippen molar-refractivity contribution in [2.24, 2.45) is 7.05 Å². The molecule has 1 N–H and O–H groups in total. The molecule has 0 radical (unpaired) electrons. The molecule has 1 aromatic rings. The van der Waals surface area contributed by atoms with Crippen molar-refractivity contribution in [3.8, 4) is 0 Å². The molecular weight excluding hydrogens is 228 g/mol. The van der Waals surface area contributed by atoms with Gasteiger partial charge in [-0.25, -0.2) is 0 Å². The van der Waals surface area contributed by atoms with E-state index in [1.807, 2.05) is 0 Å². The average molecular weight is 241 g/mol. The van der Waals surface area contributed by atoms with Gasteiger partial charge in [0.15, 0.2) is 0 Å². The SMILES string of the molecule is Cn1ccc(C(=O)NC/C=C/CCl)cc1=O. The summed E-state index contributed by atoms with van der Waals surface area (Å²) in [5, 5.41) is 2.65. The second-order valence-corrected chi connectivity index (χ2v) is 3.51. The molecule has 16 heavy (non-hydrogen) atoms. The highest BCUT2D eigenvalue weighted by molar-refractivity contribution is 6.18. The van der Waals surface area contributed by atoms with Crippen LogP contribution in [0.5, 0.6) is 0 Å². The van der Waals surface area contributed by atoms with E-state index in [9.17, 15) is 9.59 Å². The number of nitrogens with zero attached hydrogens (tertiary/aromatic N) is 1. The van der Waals surface area contributed by atoms with Crippen LogP contribution in [-0.2, 0) is 7.05 Å². The number of aromatic nitrogens is 1. The van der Waals surface area contributed by atoms with Gasteiger partial charge in [-0.1, -0.05) is 12.2 Å². The molecule has 4 nitrogen and oxygen atoms in total. The van der Waals surface area contributed by atoms with E-state index in [-0.39, 0.29) is 11.5 Å². The number of carbonyl (C=O) groups is 1. The lowest BCUT2D eigenvalue weighted by Crippen LogP contribution is -2.26. The highest BCUT2D eigenvalue weighted by Crippen LogP contribution is 1.93. The Balaban J connectivity index is 2.63. The number of hydrogen-bond acceptors (Lipinski definition) is 2. The molecule has 1 amide bonds. The van der Waals surface area contributed by atoms with Crippen LogP contribution >= 0.6 is 11.6 Å². The van der Waals surface area contributed by atoms with Crippen LogP contribution in [0.3, 0.4) is 0 Å². The third-order valence-electron chi connectivity index (χ3n) is 2.00. The minimum absolute atomic E-state index is 0.205. The van der Waals surface area contributed by atoms with Gasteiger partial charge in [-0.05, 0) is 6.07 Å². The molecule has 1 rings (SSSR count). The standard InChI is InChI=1S/C11H13ClN2O2/c1-14-7-4-9(8-10(14)15)11(16)13-6-3-2-5-12/h2-4,7-8H,5-6H2,1H3,(H,13,16)/b3-2+. The quantitative estimate of drug-likeness (QED) is 0.628. The topological polar surface area (TPSA) is 51.1 Å². The molecule has 0 spiro atoms. The van der Waals surface area contributed by atoms with Crippen molar-refractivity contribution in [3.05, 3.63) is 46.4 Å². The predicted octanol–water partition coefficient (Wildman–Crippen LogP) is 0.910. The zero-order valence-corrected chi connectivity index (χ0v) is 9.70. The van der Waals surface area contributed by atoms with Crippen molar-refractivity contribution in [2.75, 3.05) is 12.4 Å². The molecule has 0 aliphatic rings. The fraction of sp³-hybridized carbons (Fsp3) is 0.273. The van der Waals surface area contributed by atoms with Crippen molar-refractivity contribution in [3.63, 3.8) is 0 Å². The summed E-state index contributed by atoms with van der Waals surface area (Å²) in [6.45, 7) is 0.404. The molecule has 0 atom stereocenters. The number of allylic oxidation sites excluding steroid dienone is 1. The maximum atomic E-state index is 11.5. The Morgan fingerprint density at radius 2 is 2.31 bits per heavy atom. The minimum Gasteiger partial charge on any atom is -0.349 e. The van der Waals surface area contributed by atoms with Gasteiger partial charge < -0.3 is 9.88 Å². The predicted molar refractivity (Wildman–Crippen MR) is 63.9 cm³/mol. The maximum absolute atomic E-state index is 11.5. The lowest BCUT2D eigenvalue weighted by molar-refractivity contribution is 0.0957. The van der Waals surface area contributed by atoms with Crippen LogP contribution in [0.2, 0.25) is 0 Å². The van der Waals surface area contributed by atoms with Gasteiger partial charge in [0.25, 0.3) is 11.5 Å². The minimum atomic E-state index is -0.267. The zero-order valence-electron chi connectivity index (χ0n) is 8.94. The number of hydrogen-bond donors (Lipinski definition) is 1. The first-order valence-electron chi connectivity index (χ1n) is 4.81. The fourth-order valence-corrected chi connectivity index (χ4v) is 1.22. The van der Waals surface area contributed by atoms with Gasteiger partial charge in [0, 0.05) is 37.3 Å². The third kappa shape index (κ3) is 3.55. The van der Waals surface area contributed by atoms with Gasteiger partial charge in [-0.2, -0.15) is 0 Å². The molecule has 0 fully saturated rings. The van der Waals surface area contributed by atoms with Gasteiger partial charge in [0.1, 0.15) is 0 Å². The Hall–Kier alpha value is -1.55. The molecule has 86 valence electrons. The van der Waals surface area contributed by atoms with Crippen LogP contribution < -0.4 is 10.9 Å². The normalized spacial score (nSPS) is 10.6. The first-order chi connectivity index (χ1) is 7.65. The lowest BCUT2D eigenvalue weighted by Gasteiger charge is -2.02. The average Bonchev–Trinajstić information content (AvgIpc) is 2.28. The highest BCUT2D eigenvalue weighted by Gasteiger charge is 2.04. The van der Waals surface area contributed by atoms with E-state index in [0.717, 1.165) is 0 Å². The van der Waals surface area contributed by atoms with Crippen molar-refractivity contribution < 1.29 is 4.79 Å². The molecule has 5 heteroatoms. The summed E-state index contributed by atoms with van der Waals surface area (Å²) >= 11 is 5.43. The second kappa shape index (κ2) is 6.12.